The van der Waals surface area contributed by atoms with E-state index < -0.39 is 0 Å². The van der Waals surface area contributed by atoms with E-state index in [1.165, 1.54) is 0 Å². The summed E-state index contributed by atoms with van der Waals surface area (Å²) in [5.74, 6) is 0.164. The molecular formula is C16H14N2O2. The van der Waals surface area contributed by atoms with Gasteiger partial charge in [-0.1, -0.05) is 12.1 Å². The molecule has 0 radical (unpaired) electrons. The number of rotatable bonds is 1. The Morgan fingerprint density at radius 1 is 1.20 bits per heavy atom. The summed E-state index contributed by atoms with van der Waals surface area (Å²) in [6.45, 7) is 0. The number of pyridine rings is 1. The maximum Gasteiger partial charge on any atom is 0.266 e. The third-order valence-electron chi connectivity index (χ3n) is 3.78. The second-order valence-electron chi connectivity index (χ2n) is 5.03. The number of hydrogen-bond donors (Lipinski definition) is 2. The van der Waals surface area contributed by atoms with Crippen molar-refractivity contribution in [2.75, 3.05) is 0 Å². The van der Waals surface area contributed by atoms with Gasteiger partial charge in [0.15, 0.2) is 0 Å². The van der Waals surface area contributed by atoms with Gasteiger partial charge in [0.1, 0.15) is 17.4 Å². The molecule has 0 atom stereocenters. The van der Waals surface area contributed by atoms with Crippen molar-refractivity contribution in [3.05, 3.63) is 51.3 Å². The van der Waals surface area contributed by atoms with Crippen molar-refractivity contribution in [3.8, 4) is 23.1 Å². The quantitative estimate of drug-likeness (QED) is 0.832. The molecule has 2 N–H and O–H groups in total. The molecule has 1 heterocycles. The van der Waals surface area contributed by atoms with Gasteiger partial charge >= 0.3 is 0 Å². The standard InChI is InChI=1S/C16H14N2O2/c17-9-14-12-6-1-2-7-13(12)15(18-16(14)20)10-4-3-5-11(19)8-10/h3-5,8,19H,1-2,6-7H2,(H,18,20). The molecule has 0 amide bonds. The predicted molar refractivity (Wildman–Crippen MR) is 75.5 cm³/mol. The van der Waals surface area contributed by atoms with E-state index in [2.05, 4.69) is 4.98 Å². The van der Waals surface area contributed by atoms with Crippen molar-refractivity contribution in [3.63, 3.8) is 0 Å². The van der Waals surface area contributed by atoms with Crippen molar-refractivity contribution in [2.45, 2.75) is 25.7 Å². The Kier molecular flexibility index (Phi) is 3.03. The van der Waals surface area contributed by atoms with Crippen LogP contribution < -0.4 is 5.56 Å². The van der Waals surface area contributed by atoms with Gasteiger partial charge < -0.3 is 10.1 Å². The highest BCUT2D eigenvalue weighted by atomic mass is 16.3. The number of nitrogens with one attached hydrogen (secondary N) is 1. The van der Waals surface area contributed by atoms with Crippen LogP contribution in [-0.2, 0) is 12.8 Å². The number of aromatic nitrogens is 1. The number of phenolic OH excluding ortho intramolecular Hbond substituents is 1. The van der Waals surface area contributed by atoms with E-state index in [1.54, 1.807) is 18.2 Å². The Morgan fingerprint density at radius 3 is 2.65 bits per heavy atom. The van der Waals surface area contributed by atoms with Crippen molar-refractivity contribution in [1.82, 2.24) is 4.98 Å². The molecule has 1 aliphatic carbocycles. The third-order valence-corrected chi connectivity index (χ3v) is 3.78. The monoisotopic (exact) mass is 266 g/mol. The van der Waals surface area contributed by atoms with Crippen LogP contribution in [0.25, 0.3) is 11.3 Å². The molecule has 0 bridgehead atoms. The number of nitrogens with zero attached hydrogens (tertiary/aromatic N) is 1. The molecule has 100 valence electrons. The van der Waals surface area contributed by atoms with Crippen molar-refractivity contribution in [2.24, 2.45) is 0 Å². The number of H-pyrrole nitrogens is 1. The van der Waals surface area contributed by atoms with E-state index in [0.29, 0.717) is 0 Å². The fourth-order valence-corrected chi connectivity index (χ4v) is 2.87. The largest absolute Gasteiger partial charge is 0.508 e. The van der Waals surface area contributed by atoms with E-state index in [9.17, 15) is 15.2 Å². The molecule has 0 saturated heterocycles. The summed E-state index contributed by atoms with van der Waals surface area (Å²) in [6, 6.07) is 8.85. The first kappa shape index (κ1) is 12.5. The zero-order chi connectivity index (χ0) is 14.1. The number of aromatic hydroxyl groups is 1. The molecule has 4 heteroatoms. The van der Waals surface area contributed by atoms with Gasteiger partial charge in [-0.05, 0) is 48.9 Å². The summed E-state index contributed by atoms with van der Waals surface area (Å²) in [7, 11) is 0. The number of nitriles is 1. The van der Waals surface area contributed by atoms with Gasteiger partial charge in [0.05, 0.1) is 5.69 Å². The second-order valence-corrected chi connectivity index (χ2v) is 5.03. The second kappa shape index (κ2) is 4.86. The van der Waals surface area contributed by atoms with E-state index in [1.807, 2.05) is 12.1 Å². The lowest BCUT2D eigenvalue weighted by Crippen LogP contribution is -2.20. The summed E-state index contributed by atoms with van der Waals surface area (Å²) >= 11 is 0. The highest BCUT2D eigenvalue weighted by Gasteiger charge is 2.21. The third kappa shape index (κ3) is 1.97. The first-order chi connectivity index (χ1) is 9.70. The number of aromatic amines is 1. The van der Waals surface area contributed by atoms with E-state index >= 15 is 0 Å². The lowest BCUT2D eigenvalue weighted by molar-refractivity contribution is 0.475. The highest BCUT2D eigenvalue weighted by Crippen LogP contribution is 2.31. The Bertz CT molecular complexity index is 769. The molecule has 0 fully saturated rings. The lowest BCUT2D eigenvalue weighted by Gasteiger charge is -2.20. The molecule has 0 saturated carbocycles. The molecule has 20 heavy (non-hydrogen) atoms. The van der Waals surface area contributed by atoms with Crippen molar-refractivity contribution >= 4 is 0 Å². The average Bonchev–Trinajstić information content (AvgIpc) is 2.46. The molecule has 1 aromatic heterocycles. The van der Waals surface area contributed by atoms with Crippen LogP contribution in [0.2, 0.25) is 0 Å². The minimum atomic E-state index is -0.341. The minimum Gasteiger partial charge on any atom is -0.508 e. The summed E-state index contributed by atoms with van der Waals surface area (Å²) in [5.41, 5.74) is 3.33. The molecule has 0 spiro atoms. The zero-order valence-electron chi connectivity index (χ0n) is 10.9. The number of benzene rings is 1. The molecule has 4 nitrogen and oxygen atoms in total. The van der Waals surface area contributed by atoms with Gasteiger partial charge in [-0.15, -0.1) is 0 Å². The van der Waals surface area contributed by atoms with Gasteiger partial charge in [-0.2, -0.15) is 5.26 Å². The summed E-state index contributed by atoms with van der Waals surface area (Å²) < 4.78 is 0. The maximum absolute atomic E-state index is 12.1. The van der Waals surface area contributed by atoms with Gasteiger partial charge in [-0.25, -0.2) is 0 Å². The van der Waals surface area contributed by atoms with Crippen LogP contribution in [0.5, 0.6) is 5.75 Å². The van der Waals surface area contributed by atoms with E-state index in [4.69, 9.17) is 0 Å². The normalized spacial score (nSPS) is 13.6. The molecular weight excluding hydrogens is 252 g/mol. The minimum absolute atomic E-state index is 0.164. The molecule has 1 aromatic carbocycles. The Morgan fingerprint density at radius 2 is 1.95 bits per heavy atom. The summed E-state index contributed by atoms with van der Waals surface area (Å²) in [5, 5.41) is 18.8. The first-order valence-corrected chi connectivity index (χ1v) is 6.68. The summed E-state index contributed by atoms with van der Waals surface area (Å²) in [4.78, 5) is 14.9. The van der Waals surface area contributed by atoms with E-state index in [0.717, 1.165) is 48.1 Å². The van der Waals surface area contributed by atoms with Gasteiger partial charge in [0.25, 0.3) is 5.56 Å². The van der Waals surface area contributed by atoms with Crippen LogP contribution >= 0.6 is 0 Å². The van der Waals surface area contributed by atoms with Crippen LogP contribution in [0.3, 0.4) is 0 Å². The molecule has 2 aromatic rings. The van der Waals surface area contributed by atoms with Crippen molar-refractivity contribution in [1.29, 1.82) is 5.26 Å². The molecule has 3 rings (SSSR count). The van der Waals surface area contributed by atoms with Gasteiger partial charge in [0.2, 0.25) is 0 Å². The topological polar surface area (TPSA) is 76.9 Å². The fraction of sp³-hybridized carbons (Fsp3) is 0.250. The van der Waals surface area contributed by atoms with E-state index in [-0.39, 0.29) is 16.9 Å². The number of fused-ring (bicyclic) bond motifs is 1. The Balaban J connectivity index is 2.30. The maximum atomic E-state index is 12.1. The predicted octanol–water partition coefficient (Wildman–Crippen LogP) is 2.50. The van der Waals surface area contributed by atoms with Crippen LogP contribution in [0.15, 0.2) is 29.1 Å². The smallest absolute Gasteiger partial charge is 0.266 e. The average molecular weight is 266 g/mol. The van der Waals surface area contributed by atoms with Crippen LogP contribution in [-0.4, -0.2) is 10.1 Å². The molecule has 1 aliphatic rings. The van der Waals surface area contributed by atoms with Gasteiger partial charge in [-0.3, -0.25) is 4.79 Å². The number of hydrogen-bond acceptors (Lipinski definition) is 3. The molecule has 0 unspecified atom stereocenters. The highest BCUT2D eigenvalue weighted by molar-refractivity contribution is 5.67. The SMILES string of the molecule is N#Cc1c2c(c(-c3cccc(O)c3)[nH]c1=O)CCCC2. The Labute approximate surface area is 116 Å². The molecule has 0 aliphatic heterocycles. The first-order valence-electron chi connectivity index (χ1n) is 6.68. The fourth-order valence-electron chi connectivity index (χ4n) is 2.87. The zero-order valence-corrected chi connectivity index (χ0v) is 10.9. The number of phenols is 1. The van der Waals surface area contributed by atoms with Crippen LogP contribution in [0, 0.1) is 11.3 Å². The lowest BCUT2D eigenvalue weighted by atomic mass is 9.86. The summed E-state index contributed by atoms with van der Waals surface area (Å²) in [6.07, 6.45) is 3.68. The van der Waals surface area contributed by atoms with Gasteiger partial charge in [0, 0.05) is 5.56 Å². The van der Waals surface area contributed by atoms with Crippen LogP contribution in [0.4, 0.5) is 0 Å². The van der Waals surface area contributed by atoms with Crippen LogP contribution in [0.1, 0.15) is 29.5 Å². The Hall–Kier alpha value is -2.54. The van der Waals surface area contributed by atoms with Crippen molar-refractivity contribution < 1.29 is 5.11 Å².